The SMILES string of the molecule is CC(=O)NC[C@H]1CN(c2ccc3c(c2)CCCC(F)(F)C3=O)C(=O)O1. The van der Waals surface area contributed by atoms with Gasteiger partial charge in [0.05, 0.1) is 13.1 Å². The third-order valence-corrected chi connectivity index (χ3v) is 4.37. The molecule has 1 aromatic carbocycles. The molecule has 1 saturated heterocycles. The number of rotatable bonds is 3. The first-order chi connectivity index (χ1) is 11.8. The van der Waals surface area contributed by atoms with E-state index in [0.717, 1.165) is 0 Å². The summed E-state index contributed by atoms with van der Waals surface area (Å²) >= 11 is 0. The molecular weight excluding hydrogens is 334 g/mol. The van der Waals surface area contributed by atoms with Crippen molar-refractivity contribution in [1.29, 1.82) is 0 Å². The van der Waals surface area contributed by atoms with Gasteiger partial charge in [-0.2, -0.15) is 8.78 Å². The fourth-order valence-corrected chi connectivity index (χ4v) is 3.08. The lowest BCUT2D eigenvalue weighted by Gasteiger charge is -2.16. The molecule has 2 amide bonds. The average molecular weight is 352 g/mol. The van der Waals surface area contributed by atoms with Gasteiger partial charge >= 0.3 is 12.0 Å². The molecule has 3 rings (SSSR count). The Morgan fingerprint density at radius 3 is 2.88 bits per heavy atom. The molecule has 1 fully saturated rings. The Morgan fingerprint density at radius 2 is 2.16 bits per heavy atom. The molecule has 1 atom stereocenters. The third kappa shape index (κ3) is 3.47. The van der Waals surface area contributed by atoms with Crippen molar-refractivity contribution in [3.63, 3.8) is 0 Å². The zero-order valence-corrected chi connectivity index (χ0v) is 13.7. The van der Waals surface area contributed by atoms with Crippen molar-refractivity contribution in [3.05, 3.63) is 29.3 Å². The van der Waals surface area contributed by atoms with Gasteiger partial charge in [-0.15, -0.1) is 0 Å². The highest BCUT2D eigenvalue weighted by molar-refractivity contribution is 6.03. The number of aryl methyl sites for hydroxylation is 1. The molecule has 1 N–H and O–H groups in total. The van der Waals surface area contributed by atoms with Crippen LogP contribution in [0.4, 0.5) is 19.3 Å². The molecule has 0 bridgehead atoms. The Balaban J connectivity index is 1.81. The zero-order valence-electron chi connectivity index (χ0n) is 13.7. The maximum Gasteiger partial charge on any atom is 0.414 e. The van der Waals surface area contributed by atoms with E-state index in [4.69, 9.17) is 4.74 Å². The Kier molecular flexibility index (Phi) is 4.45. The average Bonchev–Trinajstić information content (AvgIpc) is 2.87. The molecule has 0 unspecified atom stereocenters. The molecule has 1 aliphatic carbocycles. The summed E-state index contributed by atoms with van der Waals surface area (Å²) in [6.07, 6.45) is -0.977. The van der Waals surface area contributed by atoms with Gasteiger partial charge in [-0.25, -0.2) is 4.79 Å². The Hall–Kier alpha value is -2.51. The molecule has 2 aliphatic rings. The summed E-state index contributed by atoms with van der Waals surface area (Å²) in [4.78, 5) is 36.3. The number of ether oxygens (including phenoxy) is 1. The number of ketones is 1. The van der Waals surface area contributed by atoms with Crippen molar-refractivity contribution in [2.24, 2.45) is 0 Å². The lowest BCUT2D eigenvalue weighted by Crippen LogP contribution is -2.33. The molecule has 6 nitrogen and oxygen atoms in total. The number of carbonyl (C=O) groups is 3. The maximum absolute atomic E-state index is 13.7. The van der Waals surface area contributed by atoms with Crippen LogP contribution in [0.1, 0.15) is 35.7 Å². The topological polar surface area (TPSA) is 75.7 Å². The number of alkyl halides is 2. The van der Waals surface area contributed by atoms with Crippen molar-refractivity contribution in [2.45, 2.75) is 38.2 Å². The number of halogens is 2. The minimum Gasteiger partial charge on any atom is -0.442 e. The molecule has 1 heterocycles. The van der Waals surface area contributed by atoms with E-state index in [1.807, 2.05) is 0 Å². The Bertz CT molecular complexity index is 735. The van der Waals surface area contributed by atoms with Crippen LogP contribution in [-0.4, -0.2) is 42.9 Å². The van der Waals surface area contributed by atoms with E-state index in [1.165, 1.54) is 24.0 Å². The lowest BCUT2D eigenvalue weighted by atomic mass is 10.00. The number of nitrogens with one attached hydrogen (secondary N) is 1. The van der Waals surface area contributed by atoms with Crippen LogP contribution in [0, 0.1) is 0 Å². The maximum atomic E-state index is 13.7. The van der Waals surface area contributed by atoms with Crippen LogP contribution in [0.15, 0.2) is 18.2 Å². The van der Waals surface area contributed by atoms with Gasteiger partial charge in [0.25, 0.3) is 0 Å². The fraction of sp³-hybridized carbons (Fsp3) is 0.471. The van der Waals surface area contributed by atoms with Crippen LogP contribution < -0.4 is 10.2 Å². The number of Topliss-reactive ketones (excluding diaryl/α,β-unsaturated/α-hetero) is 1. The minimum atomic E-state index is -3.34. The summed E-state index contributed by atoms with van der Waals surface area (Å²) < 4.78 is 32.7. The van der Waals surface area contributed by atoms with E-state index in [2.05, 4.69) is 5.32 Å². The summed E-state index contributed by atoms with van der Waals surface area (Å²) in [5.74, 6) is -4.74. The first-order valence-electron chi connectivity index (χ1n) is 8.06. The smallest absolute Gasteiger partial charge is 0.414 e. The number of amides is 2. The summed E-state index contributed by atoms with van der Waals surface area (Å²) in [6.45, 7) is 1.81. The van der Waals surface area contributed by atoms with Crippen LogP contribution in [0.2, 0.25) is 0 Å². The molecule has 0 radical (unpaired) electrons. The molecule has 1 aromatic rings. The van der Waals surface area contributed by atoms with Crippen molar-refractivity contribution < 1.29 is 27.9 Å². The highest BCUT2D eigenvalue weighted by Gasteiger charge is 2.42. The van der Waals surface area contributed by atoms with Gasteiger partial charge in [0.1, 0.15) is 6.10 Å². The fourth-order valence-electron chi connectivity index (χ4n) is 3.08. The summed E-state index contributed by atoms with van der Waals surface area (Å²) in [6, 6.07) is 4.41. The van der Waals surface area contributed by atoms with E-state index in [9.17, 15) is 23.2 Å². The number of anilines is 1. The monoisotopic (exact) mass is 352 g/mol. The van der Waals surface area contributed by atoms with Crippen LogP contribution in [-0.2, 0) is 16.0 Å². The molecule has 8 heteroatoms. The quantitative estimate of drug-likeness (QED) is 0.847. The van der Waals surface area contributed by atoms with E-state index in [0.29, 0.717) is 17.7 Å². The third-order valence-electron chi connectivity index (χ3n) is 4.37. The van der Waals surface area contributed by atoms with E-state index in [-0.39, 0.29) is 31.0 Å². The van der Waals surface area contributed by atoms with Gasteiger partial charge in [0.15, 0.2) is 0 Å². The molecule has 0 spiro atoms. The summed E-state index contributed by atoms with van der Waals surface area (Å²) in [7, 11) is 0. The summed E-state index contributed by atoms with van der Waals surface area (Å²) in [5.41, 5.74) is 1.01. The van der Waals surface area contributed by atoms with Crippen LogP contribution in [0.5, 0.6) is 0 Å². The second-order valence-corrected chi connectivity index (χ2v) is 6.28. The van der Waals surface area contributed by atoms with Crippen molar-refractivity contribution in [2.75, 3.05) is 18.0 Å². The standard InChI is InChI=1S/C17H18F2N2O4/c1-10(22)20-8-13-9-21(16(24)25-13)12-4-5-14-11(7-12)3-2-6-17(18,19)15(14)23/h4-5,7,13H,2-3,6,8-9H2,1H3,(H,20,22)/t13-/m0/s1. The molecule has 25 heavy (non-hydrogen) atoms. The lowest BCUT2D eigenvalue weighted by molar-refractivity contribution is -0.119. The van der Waals surface area contributed by atoms with Gasteiger partial charge in [0, 0.05) is 24.6 Å². The highest BCUT2D eigenvalue weighted by Crippen LogP contribution is 2.34. The van der Waals surface area contributed by atoms with Crippen molar-refractivity contribution >= 4 is 23.5 Å². The first kappa shape index (κ1) is 17.3. The van der Waals surface area contributed by atoms with Crippen molar-refractivity contribution in [3.8, 4) is 0 Å². The second-order valence-electron chi connectivity index (χ2n) is 6.28. The number of carbonyl (C=O) groups excluding carboxylic acids is 3. The molecular formula is C17H18F2N2O4. The molecule has 1 aliphatic heterocycles. The van der Waals surface area contributed by atoms with Gasteiger partial charge in [-0.3, -0.25) is 14.5 Å². The Morgan fingerprint density at radius 1 is 1.40 bits per heavy atom. The number of hydrogen-bond acceptors (Lipinski definition) is 4. The zero-order chi connectivity index (χ0) is 18.2. The predicted molar refractivity (Wildman–Crippen MR) is 85.0 cm³/mol. The highest BCUT2D eigenvalue weighted by atomic mass is 19.3. The van der Waals surface area contributed by atoms with Gasteiger partial charge in [0.2, 0.25) is 11.7 Å². The minimum absolute atomic E-state index is 0.00797. The van der Waals surface area contributed by atoms with E-state index < -0.39 is 30.3 Å². The van der Waals surface area contributed by atoms with Crippen LogP contribution in [0.3, 0.4) is 0 Å². The largest absolute Gasteiger partial charge is 0.442 e. The number of nitrogens with zero attached hydrogens (tertiary/aromatic N) is 1. The van der Waals surface area contributed by atoms with Gasteiger partial charge < -0.3 is 10.1 Å². The van der Waals surface area contributed by atoms with Crippen LogP contribution in [0.25, 0.3) is 0 Å². The number of hydrogen-bond donors (Lipinski definition) is 1. The molecule has 134 valence electrons. The Labute approximate surface area is 143 Å². The van der Waals surface area contributed by atoms with Gasteiger partial charge in [-0.1, -0.05) is 0 Å². The van der Waals surface area contributed by atoms with Crippen molar-refractivity contribution in [1.82, 2.24) is 5.32 Å². The number of benzene rings is 1. The van der Waals surface area contributed by atoms with E-state index >= 15 is 0 Å². The van der Waals surface area contributed by atoms with E-state index in [1.54, 1.807) is 6.07 Å². The second kappa shape index (κ2) is 6.42. The summed E-state index contributed by atoms with van der Waals surface area (Å²) in [5, 5.41) is 2.58. The molecule has 0 aromatic heterocycles. The predicted octanol–water partition coefficient (Wildman–Crippen LogP) is 2.30. The van der Waals surface area contributed by atoms with Crippen LogP contribution >= 0.6 is 0 Å². The molecule has 0 saturated carbocycles. The van der Waals surface area contributed by atoms with Gasteiger partial charge in [-0.05, 0) is 36.6 Å². The first-order valence-corrected chi connectivity index (χ1v) is 8.06. The normalized spacial score (nSPS) is 22.2. The number of fused-ring (bicyclic) bond motifs is 1. The number of cyclic esters (lactones) is 1.